The van der Waals surface area contributed by atoms with E-state index in [1.54, 1.807) is 24.3 Å². The summed E-state index contributed by atoms with van der Waals surface area (Å²) in [6, 6.07) is 9.15. The average molecular weight is 344 g/mol. The van der Waals surface area contributed by atoms with Gasteiger partial charge in [-0.3, -0.25) is 9.59 Å². The van der Waals surface area contributed by atoms with Crippen LogP contribution in [0.1, 0.15) is 0 Å². The molecule has 0 aromatic heterocycles. The third-order valence-corrected chi connectivity index (χ3v) is 5.07. The van der Waals surface area contributed by atoms with Crippen LogP contribution in [0.5, 0.6) is 11.5 Å². The summed E-state index contributed by atoms with van der Waals surface area (Å²) in [5, 5.41) is 24.7. The maximum Gasteiger partial charge on any atom is 0.190 e. The second kappa shape index (κ2) is 4.43. The van der Waals surface area contributed by atoms with Crippen molar-refractivity contribution in [2.45, 2.75) is 0 Å². The van der Waals surface area contributed by atoms with Crippen molar-refractivity contribution in [1.82, 2.24) is 0 Å². The molecule has 0 aliphatic rings. The summed E-state index contributed by atoms with van der Waals surface area (Å²) >= 11 is 0. The first-order chi connectivity index (χ1) is 12.4. The van der Waals surface area contributed by atoms with E-state index in [1.807, 2.05) is 0 Å². The molecular formula is C20H12N2O4. The van der Waals surface area contributed by atoms with Gasteiger partial charge in [-0.05, 0) is 57.9 Å². The standard InChI is InChI=1S/C20H12N2O4/c21-11-5-9-10-6-12(22)20(26)18-14(24)4-2-8(16(10)18)7-1-3-13(23)17(15(7)9)19(11)25/h1-6,25-26H,21-22H2. The molecule has 0 saturated carbocycles. The molecule has 6 nitrogen and oxygen atoms in total. The minimum atomic E-state index is -0.346. The molecule has 6 heteroatoms. The Bertz CT molecular complexity index is 1390. The van der Waals surface area contributed by atoms with Gasteiger partial charge >= 0.3 is 0 Å². The van der Waals surface area contributed by atoms with E-state index < -0.39 is 0 Å². The third-order valence-electron chi connectivity index (χ3n) is 5.07. The Labute approximate surface area is 145 Å². The lowest BCUT2D eigenvalue weighted by molar-refractivity contribution is 0.483. The molecule has 0 amide bonds. The topological polar surface area (TPSA) is 127 Å². The van der Waals surface area contributed by atoms with Crippen LogP contribution in [0.25, 0.3) is 43.1 Å². The molecule has 0 bridgehead atoms. The van der Waals surface area contributed by atoms with Gasteiger partial charge in [0.2, 0.25) is 0 Å². The van der Waals surface area contributed by atoms with Gasteiger partial charge in [-0.15, -0.1) is 0 Å². The Morgan fingerprint density at radius 1 is 0.577 bits per heavy atom. The van der Waals surface area contributed by atoms with Crippen molar-refractivity contribution in [2.24, 2.45) is 0 Å². The number of hydrogen-bond acceptors (Lipinski definition) is 6. The maximum atomic E-state index is 12.4. The van der Waals surface area contributed by atoms with Crippen LogP contribution in [-0.4, -0.2) is 10.2 Å². The Hall–Kier alpha value is -3.80. The summed E-state index contributed by atoms with van der Waals surface area (Å²) in [6.07, 6.45) is 0. The molecular weight excluding hydrogens is 332 g/mol. The van der Waals surface area contributed by atoms with Gasteiger partial charge in [-0.25, -0.2) is 0 Å². The summed E-state index contributed by atoms with van der Waals surface area (Å²) in [7, 11) is 0. The Morgan fingerprint density at radius 3 is 1.35 bits per heavy atom. The quantitative estimate of drug-likeness (QED) is 0.148. The number of rotatable bonds is 0. The van der Waals surface area contributed by atoms with E-state index in [9.17, 15) is 19.8 Å². The summed E-state index contributed by atoms with van der Waals surface area (Å²) in [6.45, 7) is 0. The molecule has 5 rings (SSSR count). The van der Waals surface area contributed by atoms with Crippen LogP contribution >= 0.6 is 0 Å². The number of phenols is 2. The van der Waals surface area contributed by atoms with Crippen molar-refractivity contribution in [3.63, 3.8) is 0 Å². The Balaban J connectivity index is 2.32. The number of fused-ring (bicyclic) bond motifs is 2. The minimum absolute atomic E-state index is 0.0586. The molecule has 5 aromatic rings. The first-order valence-electron chi connectivity index (χ1n) is 7.91. The highest BCUT2D eigenvalue weighted by Crippen LogP contribution is 2.45. The molecule has 0 saturated heterocycles. The van der Waals surface area contributed by atoms with E-state index in [0.717, 1.165) is 0 Å². The largest absolute Gasteiger partial charge is 0.505 e. The fourth-order valence-electron chi connectivity index (χ4n) is 3.95. The zero-order valence-electron chi connectivity index (χ0n) is 13.3. The monoisotopic (exact) mass is 344 g/mol. The molecule has 0 aliphatic carbocycles. The van der Waals surface area contributed by atoms with Crippen molar-refractivity contribution < 1.29 is 10.2 Å². The molecule has 0 unspecified atom stereocenters. The van der Waals surface area contributed by atoms with Crippen LogP contribution in [0.2, 0.25) is 0 Å². The van der Waals surface area contributed by atoms with Crippen molar-refractivity contribution in [2.75, 3.05) is 11.5 Å². The summed E-state index contributed by atoms with van der Waals surface area (Å²) in [4.78, 5) is 24.8. The van der Waals surface area contributed by atoms with Crippen LogP contribution in [0.15, 0.2) is 46.0 Å². The number of aromatic hydroxyl groups is 2. The highest BCUT2D eigenvalue weighted by Gasteiger charge is 2.21. The summed E-state index contributed by atoms with van der Waals surface area (Å²) < 4.78 is 0. The molecule has 0 spiro atoms. The lowest BCUT2D eigenvalue weighted by Crippen LogP contribution is -2.05. The SMILES string of the molecule is Nc1cc2c3cc(N)c(O)c4c(=O)ccc(c5ccc(=O)c(c1O)c52)c43. The average Bonchev–Trinajstić information content (AvgIpc) is 2.61. The molecule has 0 fully saturated rings. The van der Waals surface area contributed by atoms with Crippen LogP contribution in [0.3, 0.4) is 0 Å². The van der Waals surface area contributed by atoms with Crippen molar-refractivity contribution in [3.8, 4) is 11.5 Å². The normalized spacial score (nSPS) is 12.0. The van der Waals surface area contributed by atoms with E-state index >= 15 is 0 Å². The number of anilines is 2. The van der Waals surface area contributed by atoms with E-state index in [2.05, 4.69) is 0 Å². The molecule has 6 N–H and O–H groups in total. The number of nitrogens with two attached hydrogens (primary N) is 2. The van der Waals surface area contributed by atoms with Crippen LogP contribution in [-0.2, 0) is 0 Å². The minimum Gasteiger partial charge on any atom is -0.505 e. The Morgan fingerprint density at radius 2 is 0.962 bits per heavy atom. The lowest BCUT2D eigenvalue weighted by Gasteiger charge is -2.16. The van der Waals surface area contributed by atoms with E-state index in [-0.39, 0.29) is 44.5 Å². The zero-order valence-corrected chi connectivity index (χ0v) is 13.3. The fourth-order valence-corrected chi connectivity index (χ4v) is 3.95. The van der Waals surface area contributed by atoms with Gasteiger partial charge in [0.25, 0.3) is 0 Å². The van der Waals surface area contributed by atoms with Gasteiger partial charge in [-0.2, -0.15) is 0 Å². The predicted octanol–water partition coefficient (Wildman–Crippen LogP) is 2.47. The number of phenolic OH excluding ortho intramolecular Hbond substituents is 2. The Kier molecular flexibility index (Phi) is 2.48. The lowest BCUT2D eigenvalue weighted by atomic mass is 9.88. The van der Waals surface area contributed by atoms with E-state index in [4.69, 9.17) is 11.5 Å². The number of benzene rings is 5. The van der Waals surface area contributed by atoms with Crippen molar-refractivity contribution in [3.05, 3.63) is 56.8 Å². The fraction of sp³-hybridized carbons (Fsp3) is 0. The smallest absolute Gasteiger partial charge is 0.190 e. The van der Waals surface area contributed by atoms with E-state index in [0.29, 0.717) is 32.3 Å². The predicted molar refractivity (Wildman–Crippen MR) is 104 cm³/mol. The van der Waals surface area contributed by atoms with Gasteiger partial charge < -0.3 is 21.7 Å². The number of nitrogen functional groups attached to an aromatic ring is 2. The summed E-state index contributed by atoms with van der Waals surface area (Å²) in [5.41, 5.74) is 11.3. The first-order valence-corrected chi connectivity index (χ1v) is 7.91. The molecule has 0 atom stereocenters. The summed E-state index contributed by atoms with van der Waals surface area (Å²) in [5.74, 6) is -0.523. The zero-order chi connectivity index (χ0) is 18.3. The van der Waals surface area contributed by atoms with Crippen LogP contribution in [0, 0.1) is 0 Å². The molecule has 5 aromatic carbocycles. The van der Waals surface area contributed by atoms with Gasteiger partial charge in [0, 0.05) is 10.8 Å². The van der Waals surface area contributed by atoms with Gasteiger partial charge in [0.05, 0.1) is 22.1 Å². The third kappa shape index (κ3) is 1.51. The molecule has 0 radical (unpaired) electrons. The van der Waals surface area contributed by atoms with Crippen molar-refractivity contribution in [1.29, 1.82) is 0 Å². The van der Waals surface area contributed by atoms with E-state index in [1.165, 1.54) is 12.1 Å². The van der Waals surface area contributed by atoms with Gasteiger partial charge in [-0.1, -0.05) is 0 Å². The first kappa shape index (κ1) is 14.5. The molecule has 26 heavy (non-hydrogen) atoms. The van der Waals surface area contributed by atoms with Crippen LogP contribution < -0.4 is 22.3 Å². The molecule has 0 aliphatic heterocycles. The second-order valence-electron chi connectivity index (χ2n) is 6.45. The second-order valence-corrected chi connectivity index (χ2v) is 6.45. The van der Waals surface area contributed by atoms with Crippen molar-refractivity contribution >= 4 is 54.5 Å². The highest BCUT2D eigenvalue weighted by atomic mass is 16.3. The van der Waals surface area contributed by atoms with Gasteiger partial charge in [0.1, 0.15) is 11.5 Å². The molecule has 126 valence electrons. The number of hydrogen-bond donors (Lipinski definition) is 4. The highest BCUT2D eigenvalue weighted by molar-refractivity contribution is 6.35. The van der Waals surface area contributed by atoms with Crippen LogP contribution in [0.4, 0.5) is 11.4 Å². The van der Waals surface area contributed by atoms with Gasteiger partial charge in [0.15, 0.2) is 10.9 Å². The molecule has 0 heterocycles. The maximum absolute atomic E-state index is 12.4.